The highest BCUT2D eigenvalue weighted by molar-refractivity contribution is 6.31. The number of tetrazole rings is 1. The molecule has 0 radical (unpaired) electrons. The third kappa shape index (κ3) is 3.64. The largest absolute Gasteiger partial charge is 0.319 e. The lowest BCUT2D eigenvalue weighted by Gasteiger charge is -2.22. The molecule has 0 aliphatic carbocycles. The minimum absolute atomic E-state index is 0.150. The zero-order chi connectivity index (χ0) is 21.4. The van der Waals surface area contributed by atoms with E-state index in [4.69, 9.17) is 11.6 Å². The van der Waals surface area contributed by atoms with Crippen molar-refractivity contribution in [2.75, 3.05) is 4.90 Å². The fourth-order valence-electron chi connectivity index (χ4n) is 3.05. The molecule has 1 amide bonds. The molecular formula is C19H13ClF2N6O2. The lowest BCUT2D eigenvalue weighted by molar-refractivity contribution is 0.0975. The van der Waals surface area contributed by atoms with Crippen LogP contribution in [0.4, 0.5) is 14.5 Å². The molecule has 0 fully saturated rings. The Morgan fingerprint density at radius 2 is 2.03 bits per heavy atom. The van der Waals surface area contributed by atoms with Crippen molar-refractivity contribution in [3.63, 3.8) is 0 Å². The van der Waals surface area contributed by atoms with Gasteiger partial charge < -0.3 is 9.88 Å². The number of rotatable bonds is 4. The second-order valence-electron chi connectivity index (χ2n) is 6.42. The first-order valence-corrected chi connectivity index (χ1v) is 9.02. The van der Waals surface area contributed by atoms with Crippen LogP contribution in [-0.2, 0) is 13.6 Å². The average molecular weight is 431 g/mol. The Kier molecular flexibility index (Phi) is 5.00. The Balaban J connectivity index is 1.86. The van der Waals surface area contributed by atoms with E-state index in [-0.39, 0.29) is 23.3 Å². The average Bonchev–Trinajstić information content (AvgIpc) is 3.15. The van der Waals surface area contributed by atoms with Gasteiger partial charge in [0, 0.05) is 22.2 Å². The Morgan fingerprint density at radius 3 is 2.73 bits per heavy atom. The van der Waals surface area contributed by atoms with Crippen molar-refractivity contribution in [2.24, 2.45) is 7.05 Å². The third-order valence-corrected chi connectivity index (χ3v) is 4.62. The number of pyridine rings is 1. The Bertz CT molecular complexity index is 1340. The first-order valence-electron chi connectivity index (χ1n) is 8.65. The molecule has 4 rings (SSSR count). The van der Waals surface area contributed by atoms with Crippen LogP contribution in [0.2, 0.25) is 5.02 Å². The molecule has 0 atom stereocenters. The molecule has 0 aliphatic rings. The summed E-state index contributed by atoms with van der Waals surface area (Å²) in [6.07, 6.45) is 0. The summed E-state index contributed by atoms with van der Waals surface area (Å²) in [6, 6.07) is 9.97. The molecule has 0 unspecified atom stereocenters. The van der Waals surface area contributed by atoms with Crippen molar-refractivity contribution in [2.45, 2.75) is 6.54 Å². The van der Waals surface area contributed by atoms with Gasteiger partial charge in [-0.2, -0.15) is 4.80 Å². The van der Waals surface area contributed by atoms with Gasteiger partial charge in [-0.05, 0) is 41.1 Å². The molecular weight excluding hydrogens is 418 g/mol. The maximum Gasteiger partial charge on any atom is 0.300 e. The van der Waals surface area contributed by atoms with Gasteiger partial charge in [0.05, 0.1) is 19.1 Å². The highest BCUT2D eigenvalue weighted by Crippen LogP contribution is 2.26. The van der Waals surface area contributed by atoms with E-state index < -0.39 is 23.1 Å². The monoisotopic (exact) mass is 430 g/mol. The summed E-state index contributed by atoms with van der Waals surface area (Å²) in [5, 5.41) is 11.9. The predicted octanol–water partition coefficient (Wildman–Crippen LogP) is 2.83. The number of aromatic amines is 1. The number of fused-ring (bicyclic) bond motifs is 1. The molecule has 0 spiro atoms. The summed E-state index contributed by atoms with van der Waals surface area (Å²) in [5.74, 6) is -3.06. The first-order chi connectivity index (χ1) is 14.3. The van der Waals surface area contributed by atoms with E-state index in [1.807, 2.05) is 0 Å². The van der Waals surface area contributed by atoms with Crippen molar-refractivity contribution in [1.29, 1.82) is 0 Å². The maximum atomic E-state index is 14.2. The van der Waals surface area contributed by atoms with Gasteiger partial charge in [-0.3, -0.25) is 9.59 Å². The van der Waals surface area contributed by atoms with Crippen LogP contribution in [0.1, 0.15) is 16.2 Å². The number of amides is 1. The Morgan fingerprint density at radius 1 is 1.23 bits per heavy atom. The van der Waals surface area contributed by atoms with Crippen molar-refractivity contribution in [3.05, 3.63) is 80.9 Å². The van der Waals surface area contributed by atoms with Gasteiger partial charge in [-0.15, -0.1) is 10.2 Å². The number of anilines is 1. The molecule has 30 heavy (non-hydrogen) atoms. The fourth-order valence-corrected chi connectivity index (χ4v) is 3.24. The van der Waals surface area contributed by atoms with Crippen molar-refractivity contribution in [1.82, 2.24) is 25.2 Å². The van der Waals surface area contributed by atoms with Crippen molar-refractivity contribution < 1.29 is 13.6 Å². The zero-order valence-electron chi connectivity index (χ0n) is 15.4. The van der Waals surface area contributed by atoms with E-state index in [1.165, 1.54) is 24.1 Å². The fraction of sp³-hybridized carbons (Fsp3) is 0.105. The number of carbonyl (C=O) groups is 1. The number of nitrogens with zero attached hydrogens (tertiary/aromatic N) is 5. The molecule has 0 aliphatic heterocycles. The van der Waals surface area contributed by atoms with Crippen molar-refractivity contribution >= 4 is 34.1 Å². The molecule has 0 bridgehead atoms. The van der Waals surface area contributed by atoms with Gasteiger partial charge in [0.25, 0.3) is 11.7 Å². The van der Waals surface area contributed by atoms with Gasteiger partial charge in [0.15, 0.2) is 11.6 Å². The van der Waals surface area contributed by atoms with E-state index >= 15 is 0 Å². The summed E-state index contributed by atoms with van der Waals surface area (Å²) >= 11 is 6.07. The van der Waals surface area contributed by atoms with Crippen LogP contribution >= 0.6 is 11.6 Å². The highest BCUT2D eigenvalue weighted by Gasteiger charge is 2.24. The zero-order valence-corrected chi connectivity index (χ0v) is 16.2. The Labute approximate surface area is 172 Å². The second kappa shape index (κ2) is 7.64. The number of H-pyrrole nitrogens is 1. The summed E-state index contributed by atoms with van der Waals surface area (Å²) in [7, 11) is 1.51. The third-order valence-electron chi connectivity index (χ3n) is 4.39. The molecule has 2 aromatic carbocycles. The van der Waals surface area contributed by atoms with E-state index in [0.717, 1.165) is 10.9 Å². The molecule has 2 heterocycles. The number of hydrogen-bond donors (Lipinski definition) is 1. The summed E-state index contributed by atoms with van der Waals surface area (Å²) in [5.41, 5.74) is -0.229. The minimum atomic E-state index is -1.18. The molecule has 1 N–H and O–H groups in total. The van der Waals surface area contributed by atoms with Gasteiger partial charge in [0.2, 0.25) is 5.56 Å². The van der Waals surface area contributed by atoms with Crippen LogP contribution in [0, 0.1) is 11.6 Å². The smallest absolute Gasteiger partial charge is 0.300 e. The van der Waals surface area contributed by atoms with Crippen molar-refractivity contribution in [3.8, 4) is 0 Å². The highest BCUT2D eigenvalue weighted by atomic mass is 35.5. The van der Waals surface area contributed by atoms with Gasteiger partial charge in [0.1, 0.15) is 0 Å². The van der Waals surface area contributed by atoms with Gasteiger partial charge in [-0.25, -0.2) is 8.78 Å². The Hall–Kier alpha value is -3.66. The van der Waals surface area contributed by atoms with Crippen LogP contribution in [0.5, 0.6) is 0 Å². The number of benzene rings is 2. The number of halogens is 3. The molecule has 0 saturated heterocycles. The summed E-state index contributed by atoms with van der Waals surface area (Å²) < 4.78 is 27.9. The van der Waals surface area contributed by atoms with Crippen LogP contribution in [-0.4, -0.2) is 31.1 Å². The molecule has 0 saturated carbocycles. The predicted molar refractivity (Wildman–Crippen MR) is 105 cm³/mol. The van der Waals surface area contributed by atoms with Gasteiger partial charge in [-0.1, -0.05) is 17.7 Å². The second-order valence-corrected chi connectivity index (χ2v) is 6.85. The number of carbonyl (C=O) groups excluding carboxylic acids is 1. The quantitative estimate of drug-likeness (QED) is 0.537. The summed E-state index contributed by atoms with van der Waals surface area (Å²) in [6.45, 7) is -0.150. The first kappa shape index (κ1) is 19.6. The van der Waals surface area contributed by atoms with Crippen LogP contribution in [0.3, 0.4) is 0 Å². The van der Waals surface area contributed by atoms with E-state index in [2.05, 4.69) is 20.4 Å². The van der Waals surface area contributed by atoms with Crippen LogP contribution in [0.15, 0.2) is 47.3 Å². The van der Waals surface area contributed by atoms with Crippen LogP contribution < -0.4 is 10.5 Å². The lowest BCUT2D eigenvalue weighted by Crippen LogP contribution is -2.32. The number of nitrogens with one attached hydrogen (secondary N) is 1. The SMILES string of the molecule is Cn1nnc(C(=O)N(Cc2cc(=O)[nH]c3c(F)c(F)ccc23)c2cccc(Cl)c2)n1. The maximum absolute atomic E-state index is 14.2. The topological polar surface area (TPSA) is 96.8 Å². The van der Waals surface area contributed by atoms with E-state index in [1.54, 1.807) is 24.3 Å². The molecule has 11 heteroatoms. The molecule has 152 valence electrons. The van der Waals surface area contributed by atoms with Crippen LogP contribution in [0.25, 0.3) is 10.9 Å². The number of hydrogen-bond acceptors (Lipinski definition) is 5. The number of aryl methyl sites for hydroxylation is 1. The molecule has 8 nitrogen and oxygen atoms in total. The van der Waals surface area contributed by atoms with E-state index in [0.29, 0.717) is 16.3 Å². The molecule has 2 aromatic heterocycles. The molecule has 4 aromatic rings. The normalized spacial score (nSPS) is 11.1. The minimum Gasteiger partial charge on any atom is -0.319 e. The standard InChI is InChI=1S/C19H13ClF2N6O2/c1-27-25-18(24-26-27)19(30)28(12-4-2-3-11(20)8-12)9-10-7-15(29)23-17-13(10)5-6-14(21)16(17)22/h2-8H,9H2,1H3,(H,23,29). The van der Waals surface area contributed by atoms with E-state index in [9.17, 15) is 18.4 Å². The number of aromatic nitrogens is 5. The lowest BCUT2D eigenvalue weighted by atomic mass is 10.1. The summed E-state index contributed by atoms with van der Waals surface area (Å²) in [4.78, 5) is 29.9. The van der Waals surface area contributed by atoms with Gasteiger partial charge >= 0.3 is 0 Å².